The number of aryl methyl sites for hydroxylation is 1. The summed E-state index contributed by atoms with van der Waals surface area (Å²) in [4.78, 5) is 4.54. The van der Waals surface area contributed by atoms with Crippen molar-refractivity contribution >= 4 is 35.8 Å². The molecule has 6 nitrogen and oxygen atoms in total. The molecule has 26 heavy (non-hydrogen) atoms. The standard InChI is InChI=1S/C18H23N5O.2ClH/c24-18-4-1-7-19-15(18)3-2-8-23-12-20-16-9-13(5-6-17(16)23)14-10-21-22-11-14;;/h5-6,9-12,15,18-19,24H,1-4,7-8H2,(H,21,22);2*1H/t15-,18+;;/m1../s1. The number of piperidine rings is 1. The third-order valence-electron chi connectivity index (χ3n) is 4.91. The number of rotatable bonds is 5. The summed E-state index contributed by atoms with van der Waals surface area (Å²) in [5.74, 6) is 0. The van der Waals surface area contributed by atoms with Crippen LogP contribution in [-0.2, 0) is 6.54 Å². The van der Waals surface area contributed by atoms with Crippen molar-refractivity contribution in [3.63, 3.8) is 0 Å². The molecule has 142 valence electrons. The molecule has 8 heteroatoms. The van der Waals surface area contributed by atoms with Crippen molar-refractivity contribution in [1.29, 1.82) is 0 Å². The molecule has 1 saturated heterocycles. The van der Waals surface area contributed by atoms with Crippen molar-refractivity contribution in [2.45, 2.75) is 44.4 Å². The maximum Gasteiger partial charge on any atom is 0.0958 e. The molecule has 3 N–H and O–H groups in total. The summed E-state index contributed by atoms with van der Waals surface area (Å²) in [5.41, 5.74) is 4.35. The first-order chi connectivity index (χ1) is 11.8. The zero-order valence-electron chi connectivity index (χ0n) is 14.5. The fourth-order valence-corrected chi connectivity index (χ4v) is 3.54. The van der Waals surface area contributed by atoms with Crippen LogP contribution in [-0.4, -0.2) is 43.5 Å². The molecule has 1 aromatic carbocycles. The van der Waals surface area contributed by atoms with Crippen LogP contribution in [0.1, 0.15) is 25.7 Å². The first-order valence-electron chi connectivity index (χ1n) is 8.67. The molecular formula is C18H25Cl2N5O. The van der Waals surface area contributed by atoms with Gasteiger partial charge in [-0.15, -0.1) is 24.8 Å². The van der Waals surface area contributed by atoms with E-state index in [9.17, 15) is 5.11 Å². The molecule has 0 amide bonds. The Hall–Kier alpha value is -1.60. The topological polar surface area (TPSA) is 78.8 Å². The molecule has 0 saturated carbocycles. The molecule has 3 heterocycles. The van der Waals surface area contributed by atoms with E-state index in [-0.39, 0.29) is 37.0 Å². The van der Waals surface area contributed by atoms with Gasteiger partial charge in [-0.05, 0) is 49.9 Å². The summed E-state index contributed by atoms with van der Waals surface area (Å²) >= 11 is 0. The molecule has 0 unspecified atom stereocenters. The van der Waals surface area contributed by atoms with Gasteiger partial charge in [-0.25, -0.2) is 4.98 Å². The number of nitrogens with zero attached hydrogens (tertiary/aromatic N) is 3. The van der Waals surface area contributed by atoms with Crippen LogP contribution in [0.15, 0.2) is 36.9 Å². The van der Waals surface area contributed by atoms with Crippen LogP contribution in [0.25, 0.3) is 22.2 Å². The molecule has 0 bridgehead atoms. The fourth-order valence-electron chi connectivity index (χ4n) is 3.54. The van der Waals surface area contributed by atoms with Gasteiger partial charge in [-0.1, -0.05) is 6.07 Å². The van der Waals surface area contributed by atoms with E-state index in [2.05, 4.69) is 43.3 Å². The molecule has 0 spiro atoms. The minimum Gasteiger partial charge on any atom is -0.392 e. The lowest BCUT2D eigenvalue weighted by molar-refractivity contribution is 0.0909. The van der Waals surface area contributed by atoms with Gasteiger partial charge in [-0.2, -0.15) is 5.10 Å². The van der Waals surface area contributed by atoms with Gasteiger partial charge in [0.1, 0.15) is 0 Å². The highest BCUT2D eigenvalue weighted by atomic mass is 35.5. The Morgan fingerprint density at radius 1 is 1.23 bits per heavy atom. The highest BCUT2D eigenvalue weighted by Crippen LogP contribution is 2.23. The van der Waals surface area contributed by atoms with Crippen molar-refractivity contribution in [1.82, 2.24) is 25.1 Å². The Labute approximate surface area is 165 Å². The first kappa shape index (κ1) is 20.7. The smallest absolute Gasteiger partial charge is 0.0958 e. The number of nitrogens with one attached hydrogen (secondary N) is 2. The van der Waals surface area contributed by atoms with Gasteiger partial charge in [-0.3, -0.25) is 5.10 Å². The van der Waals surface area contributed by atoms with Gasteiger partial charge in [0.25, 0.3) is 0 Å². The Morgan fingerprint density at radius 2 is 2.12 bits per heavy atom. The van der Waals surface area contributed by atoms with Gasteiger partial charge in [0, 0.05) is 24.3 Å². The summed E-state index contributed by atoms with van der Waals surface area (Å²) in [6.45, 7) is 1.94. The quantitative estimate of drug-likeness (QED) is 0.617. The molecule has 1 aliphatic heterocycles. The summed E-state index contributed by atoms with van der Waals surface area (Å²) < 4.78 is 2.20. The predicted octanol–water partition coefficient (Wildman–Crippen LogP) is 3.16. The maximum atomic E-state index is 10.0. The predicted molar refractivity (Wildman–Crippen MR) is 108 cm³/mol. The van der Waals surface area contributed by atoms with Crippen LogP contribution >= 0.6 is 24.8 Å². The number of aliphatic hydroxyl groups excluding tert-OH is 1. The SMILES string of the molecule is Cl.Cl.O[C@H]1CCCN[C@@H]1CCCn1cnc2cc(-c3cn[nH]c3)ccc21. The third-order valence-corrected chi connectivity index (χ3v) is 4.91. The first-order valence-corrected chi connectivity index (χ1v) is 8.67. The molecule has 1 fully saturated rings. The lowest BCUT2D eigenvalue weighted by Gasteiger charge is -2.29. The molecule has 0 aliphatic carbocycles. The number of aromatic nitrogens is 4. The van der Waals surface area contributed by atoms with Crippen LogP contribution in [0.4, 0.5) is 0 Å². The summed E-state index contributed by atoms with van der Waals surface area (Å²) in [7, 11) is 0. The average molecular weight is 398 g/mol. The Bertz CT molecular complexity index is 805. The number of aliphatic hydroxyl groups is 1. The Kier molecular flexibility index (Phi) is 7.46. The van der Waals surface area contributed by atoms with E-state index in [1.165, 1.54) is 0 Å². The number of halogens is 2. The second kappa shape index (κ2) is 9.37. The molecule has 2 aromatic heterocycles. The summed E-state index contributed by atoms with van der Waals surface area (Å²) in [5, 5.41) is 20.3. The van der Waals surface area contributed by atoms with Gasteiger partial charge in [0.15, 0.2) is 0 Å². The van der Waals surface area contributed by atoms with Gasteiger partial charge < -0.3 is 15.0 Å². The Balaban J connectivity index is 0.00000121. The summed E-state index contributed by atoms with van der Waals surface area (Å²) in [6.07, 6.45) is 9.44. The van der Waals surface area contributed by atoms with Crippen LogP contribution in [0.2, 0.25) is 0 Å². The zero-order chi connectivity index (χ0) is 16.4. The minimum absolute atomic E-state index is 0. The van der Waals surface area contributed by atoms with Gasteiger partial charge in [0.2, 0.25) is 0 Å². The second-order valence-corrected chi connectivity index (χ2v) is 6.54. The van der Waals surface area contributed by atoms with Crippen LogP contribution in [0.5, 0.6) is 0 Å². The largest absolute Gasteiger partial charge is 0.392 e. The number of benzene rings is 1. The molecule has 1 aliphatic rings. The number of imidazole rings is 1. The van der Waals surface area contributed by atoms with E-state index < -0.39 is 0 Å². The van der Waals surface area contributed by atoms with Crippen LogP contribution < -0.4 is 5.32 Å². The van der Waals surface area contributed by atoms with E-state index in [0.29, 0.717) is 0 Å². The molecular weight excluding hydrogens is 373 g/mol. The summed E-state index contributed by atoms with van der Waals surface area (Å²) in [6, 6.07) is 6.57. The van der Waals surface area contributed by atoms with Crippen molar-refractivity contribution in [2.24, 2.45) is 0 Å². The molecule has 2 atom stereocenters. The number of H-pyrrole nitrogens is 1. The second-order valence-electron chi connectivity index (χ2n) is 6.54. The average Bonchev–Trinajstić information content (AvgIpc) is 3.26. The van der Waals surface area contributed by atoms with Crippen LogP contribution in [0, 0.1) is 0 Å². The van der Waals surface area contributed by atoms with Crippen molar-refractivity contribution in [2.75, 3.05) is 6.54 Å². The maximum absolute atomic E-state index is 10.0. The Morgan fingerprint density at radius 3 is 2.88 bits per heavy atom. The normalized spacial score (nSPS) is 19.7. The number of aromatic amines is 1. The van der Waals surface area contributed by atoms with E-state index in [4.69, 9.17) is 0 Å². The molecule has 4 rings (SSSR count). The zero-order valence-corrected chi connectivity index (χ0v) is 16.1. The van der Waals surface area contributed by atoms with E-state index >= 15 is 0 Å². The number of fused-ring (bicyclic) bond motifs is 1. The minimum atomic E-state index is -0.198. The van der Waals surface area contributed by atoms with Crippen molar-refractivity contribution in [3.8, 4) is 11.1 Å². The highest BCUT2D eigenvalue weighted by Gasteiger charge is 2.21. The lowest BCUT2D eigenvalue weighted by atomic mass is 9.97. The fraction of sp³-hybridized carbons (Fsp3) is 0.444. The van der Waals surface area contributed by atoms with Gasteiger partial charge in [0.05, 0.1) is 29.7 Å². The van der Waals surface area contributed by atoms with E-state index in [0.717, 1.165) is 60.9 Å². The lowest BCUT2D eigenvalue weighted by Crippen LogP contribution is -2.44. The molecule has 3 aromatic rings. The van der Waals surface area contributed by atoms with E-state index in [1.54, 1.807) is 0 Å². The van der Waals surface area contributed by atoms with Crippen molar-refractivity contribution in [3.05, 3.63) is 36.9 Å². The molecule has 0 radical (unpaired) electrons. The monoisotopic (exact) mass is 397 g/mol. The van der Waals surface area contributed by atoms with E-state index in [1.807, 2.05) is 18.7 Å². The number of hydrogen-bond acceptors (Lipinski definition) is 4. The highest BCUT2D eigenvalue weighted by molar-refractivity contribution is 5.85. The number of hydrogen-bond donors (Lipinski definition) is 3. The van der Waals surface area contributed by atoms with Crippen molar-refractivity contribution < 1.29 is 5.11 Å². The third kappa shape index (κ3) is 4.38. The van der Waals surface area contributed by atoms with Gasteiger partial charge >= 0.3 is 0 Å². The van der Waals surface area contributed by atoms with Crippen LogP contribution in [0.3, 0.4) is 0 Å².